The minimum Gasteiger partial charge on any atom is -0.383 e. The van der Waals surface area contributed by atoms with Gasteiger partial charge in [0, 0.05) is 19.2 Å². The SMILES string of the molecule is CC(C)(C)C1CCN(c2cc(N)ns2)CC1. The summed E-state index contributed by atoms with van der Waals surface area (Å²) in [5.41, 5.74) is 6.10. The molecule has 16 heavy (non-hydrogen) atoms. The summed E-state index contributed by atoms with van der Waals surface area (Å²) in [4.78, 5) is 2.41. The molecule has 2 heterocycles. The molecule has 1 saturated heterocycles. The van der Waals surface area contributed by atoms with Crippen LogP contribution in [0.25, 0.3) is 0 Å². The van der Waals surface area contributed by atoms with Crippen LogP contribution in [0.1, 0.15) is 33.6 Å². The van der Waals surface area contributed by atoms with E-state index in [4.69, 9.17) is 5.73 Å². The highest BCUT2D eigenvalue weighted by molar-refractivity contribution is 7.10. The quantitative estimate of drug-likeness (QED) is 0.819. The Labute approximate surface area is 102 Å². The van der Waals surface area contributed by atoms with Gasteiger partial charge in [0.1, 0.15) is 10.8 Å². The topological polar surface area (TPSA) is 42.1 Å². The molecule has 1 aromatic heterocycles. The van der Waals surface area contributed by atoms with Gasteiger partial charge < -0.3 is 10.6 Å². The molecule has 2 rings (SSSR count). The van der Waals surface area contributed by atoms with Crippen LogP contribution in [-0.4, -0.2) is 17.5 Å². The Bertz CT molecular complexity index is 345. The molecule has 1 aliphatic rings. The third-order valence-electron chi connectivity index (χ3n) is 3.55. The van der Waals surface area contributed by atoms with E-state index in [1.54, 1.807) is 0 Å². The van der Waals surface area contributed by atoms with Crippen molar-refractivity contribution in [3.05, 3.63) is 6.07 Å². The average Bonchev–Trinajstić information content (AvgIpc) is 2.64. The first-order valence-corrected chi connectivity index (χ1v) is 6.71. The summed E-state index contributed by atoms with van der Waals surface area (Å²) in [7, 11) is 0. The second-order valence-electron chi connectivity index (χ2n) is 5.72. The molecule has 3 nitrogen and oxygen atoms in total. The van der Waals surface area contributed by atoms with Crippen LogP contribution in [0.2, 0.25) is 0 Å². The lowest BCUT2D eigenvalue weighted by atomic mass is 9.75. The van der Waals surface area contributed by atoms with Crippen molar-refractivity contribution in [2.24, 2.45) is 11.3 Å². The second kappa shape index (κ2) is 4.24. The van der Waals surface area contributed by atoms with Crippen molar-refractivity contribution < 1.29 is 0 Å². The predicted octanol–water partition coefficient (Wildman–Crippen LogP) is 2.99. The lowest BCUT2D eigenvalue weighted by molar-refractivity contribution is 0.199. The molecule has 0 aliphatic carbocycles. The molecule has 0 aromatic carbocycles. The molecule has 2 N–H and O–H groups in total. The predicted molar refractivity (Wildman–Crippen MR) is 70.9 cm³/mol. The van der Waals surface area contributed by atoms with Crippen molar-refractivity contribution in [3.8, 4) is 0 Å². The van der Waals surface area contributed by atoms with Crippen molar-refractivity contribution >= 4 is 22.4 Å². The van der Waals surface area contributed by atoms with Crippen LogP contribution in [0.3, 0.4) is 0 Å². The molecular weight excluding hydrogens is 218 g/mol. The number of nitrogen functional groups attached to an aromatic ring is 1. The van der Waals surface area contributed by atoms with E-state index in [1.165, 1.54) is 29.4 Å². The Kier molecular flexibility index (Phi) is 3.10. The van der Waals surface area contributed by atoms with Gasteiger partial charge in [-0.1, -0.05) is 20.8 Å². The molecule has 0 amide bonds. The van der Waals surface area contributed by atoms with Crippen molar-refractivity contribution in [1.29, 1.82) is 0 Å². The third kappa shape index (κ3) is 2.48. The highest BCUT2D eigenvalue weighted by Crippen LogP contribution is 2.36. The largest absolute Gasteiger partial charge is 0.383 e. The van der Waals surface area contributed by atoms with Crippen molar-refractivity contribution in [1.82, 2.24) is 4.37 Å². The van der Waals surface area contributed by atoms with Gasteiger partial charge in [-0.3, -0.25) is 0 Å². The molecule has 0 radical (unpaired) electrons. The lowest BCUT2D eigenvalue weighted by Gasteiger charge is -2.39. The molecule has 1 aliphatic heterocycles. The van der Waals surface area contributed by atoms with Gasteiger partial charge in [0.05, 0.1) is 0 Å². The number of nitrogens with zero attached hydrogens (tertiary/aromatic N) is 2. The maximum atomic E-state index is 5.65. The standard InChI is InChI=1S/C12H21N3S/c1-12(2,3)9-4-6-15(7-5-9)11-8-10(13)14-16-11/h8-9H,4-7H2,1-3H3,(H2,13,14). The van der Waals surface area contributed by atoms with E-state index in [-0.39, 0.29) is 0 Å². The maximum absolute atomic E-state index is 5.65. The molecule has 1 aromatic rings. The molecule has 0 unspecified atom stereocenters. The summed E-state index contributed by atoms with van der Waals surface area (Å²) in [5, 5.41) is 1.23. The molecule has 0 spiro atoms. The molecule has 0 atom stereocenters. The monoisotopic (exact) mass is 239 g/mol. The van der Waals surface area contributed by atoms with E-state index in [0.717, 1.165) is 19.0 Å². The van der Waals surface area contributed by atoms with Crippen LogP contribution in [0, 0.1) is 11.3 Å². The summed E-state index contributed by atoms with van der Waals surface area (Å²) in [6.45, 7) is 9.32. The van der Waals surface area contributed by atoms with Crippen molar-refractivity contribution in [3.63, 3.8) is 0 Å². The van der Waals surface area contributed by atoms with Gasteiger partial charge in [-0.15, -0.1) is 0 Å². The minimum atomic E-state index is 0.443. The number of nitrogens with two attached hydrogens (primary N) is 1. The van der Waals surface area contributed by atoms with Crippen LogP contribution in [0.15, 0.2) is 6.07 Å². The van der Waals surface area contributed by atoms with Crippen LogP contribution >= 0.6 is 11.5 Å². The van der Waals surface area contributed by atoms with Gasteiger partial charge in [0.2, 0.25) is 0 Å². The number of hydrogen-bond donors (Lipinski definition) is 1. The first-order chi connectivity index (χ1) is 7.47. The third-order valence-corrected chi connectivity index (χ3v) is 4.41. The zero-order valence-electron chi connectivity index (χ0n) is 10.4. The highest BCUT2D eigenvalue weighted by Gasteiger charge is 2.29. The van der Waals surface area contributed by atoms with E-state index < -0.39 is 0 Å². The number of rotatable bonds is 1. The summed E-state index contributed by atoms with van der Waals surface area (Å²) in [6, 6.07) is 1.99. The Morgan fingerprint density at radius 1 is 1.38 bits per heavy atom. The summed E-state index contributed by atoms with van der Waals surface area (Å²) in [5.74, 6) is 1.49. The highest BCUT2D eigenvalue weighted by atomic mass is 32.1. The van der Waals surface area contributed by atoms with Crippen LogP contribution in [0.5, 0.6) is 0 Å². The second-order valence-corrected chi connectivity index (χ2v) is 6.50. The zero-order valence-corrected chi connectivity index (χ0v) is 11.2. The first-order valence-electron chi connectivity index (χ1n) is 5.94. The molecule has 4 heteroatoms. The number of aromatic nitrogens is 1. The van der Waals surface area contributed by atoms with E-state index in [9.17, 15) is 0 Å². The molecule has 1 fully saturated rings. The van der Waals surface area contributed by atoms with Gasteiger partial charge in [-0.25, -0.2) is 0 Å². The maximum Gasteiger partial charge on any atom is 0.139 e. The van der Waals surface area contributed by atoms with E-state index in [2.05, 4.69) is 30.0 Å². The molecular formula is C12H21N3S. The van der Waals surface area contributed by atoms with Gasteiger partial charge in [0.15, 0.2) is 0 Å². The molecule has 90 valence electrons. The lowest BCUT2D eigenvalue weighted by Crippen LogP contribution is -2.37. The summed E-state index contributed by atoms with van der Waals surface area (Å²) < 4.78 is 4.14. The fraction of sp³-hybridized carbons (Fsp3) is 0.750. The van der Waals surface area contributed by atoms with Crippen molar-refractivity contribution in [2.45, 2.75) is 33.6 Å². The normalized spacial score (nSPS) is 19.1. The van der Waals surface area contributed by atoms with Gasteiger partial charge >= 0.3 is 0 Å². The molecule has 0 saturated carbocycles. The number of anilines is 2. The fourth-order valence-electron chi connectivity index (χ4n) is 2.39. The summed E-state index contributed by atoms with van der Waals surface area (Å²) in [6.07, 6.45) is 2.56. The minimum absolute atomic E-state index is 0.443. The molecule has 0 bridgehead atoms. The Morgan fingerprint density at radius 3 is 2.44 bits per heavy atom. The van der Waals surface area contributed by atoms with E-state index in [1.807, 2.05) is 6.07 Å². The van der Waals surface area contributed by atoms with Crippen LogP contribution in [-0.2, 0) is 0 Å². The number of hydrogen-bond acceptors (Lipinski definition) is 4. The smallest absolute Gasteiger partial charge is 0.139 e. The van der Waals surface area contributed by atoms with Gasteiger partial charge in [-0.2, -0.15) is 4.37 Å². The Hall–Kier alpha value is -0.770. The van der Waals surface area contributed by atoms with Gasteiger partial charge in [-0.05, 0) is 35.7 Å². The zero-order chi connectivity index (χ0) is 11.8. The fourth-order valence-corrected chi connectivity index (χ4v) is 3.12. The Balaban J connectivity index is 1.95. The Morgan fingerprint density at radius 2 is 2.00 bits per heavy atom. The number of piperidine rings is 1. The average molecular weight is 239 g/mol. The van der Waals surface area contributed by atoms with E-state index >= 15 is 0 Å². The van der Waals surface area contributed by atoms with Crippen molar-refractivity contribution in [2.75, 3.05) is 23.7 Å². The van der Waals surface area contributed by atoms with Crippen LogP contribution < -0.4 is 10.6 Å². The first kappa shape index (κ1) is 11.7. The van der Waals surface area contributed by atoms with Gasteiger partial charge in [0.25, 0.3) is 0 Å². The van der Waals surface area contributed by atoms with E-state index in [0.29, 0.717) is 11.2 Å². The summed E-state index contributed by atoms with van der Waals surface area (Å²) >= 11 is 1.52. The van der Waals surface area contributed by atoms with Crippen LogP contribution in [0.4, 0.5) is 10.8 Å².